The highest BCUT2D eigenvalue weighted by molar-refractivity contribution is 6.82. The first kappa shape index (κ1) is 31.9. The summed E-state index contributed by atoms with van der Waals surface area (Å²) in [5.74, 6) is 1.58. The van der Waals surface area contributed by atoms with E-state index in [2.05, 4.69) is 89.2 Å². The van der Waals surface area contributed by atoms with Gasteiger partial charge in [0.05, 0.1) is 24.6 Å². The van der Waals surface area contributed by atoms with Crippen molar-refractivity contribution in [3.05, 3.63) is 62.9 Å². The largest absolute Gasteiger partial charge is 0.491 e. The predicted molar refractivity (Wildman–Crippen MR) is 184 cm³/mol. The van der Waals surface area contributed by atoms with Crippen molar-refractivity contribution in [1.29, 1.82) is 0 Å². The van der Waals surface area contributed by atoms with Gasteiger partial charge in [0.2, 0.25) is 10.9 Å². The summed E-state index contributed by atoms with van der Waals surface area (Å²) in [5, 5.41) is 4.15. The first-order valence-corrected chi connectivity index (χ1v) is 18.2. The predicted octanol–water partition coefficient (Wildman–Crippen LogP) is 5.52. The quantitative estimate of drug-likeness (QED) is 0.164. The van der Waals surface area contributed by atoms with Gasteiger partial charge in [0.1, 0.15) is 6.33 Å². The maximum absolute atomic E-state index is 12.6. The highest BCUT2D eigenvalue weighted by Gasteiger charge is 2.46. The molecule has 1 aliphatic rings. The Balaban J connectivity index is 1.42. The summed E-state index contributed by atoms with van der Waals surface area (Å²) in [6, 6.07) is 6.39. The summed E-state index contributed by atoms with van der Waals surface area (Å²) in [6.07, 6.45) is 7.75. The minimum atomic E-state index is -2.02. The first-order valence-electron chi connectivity index (χ1n) is 16.0. The molecule has 0 spiro atoms. The normalized spacial score (nSPS) is 14.9. The van der Waals surface area contributed by atoms with Crippen molar-refractivity contribution < 1.29 is 4.74 Å². The number of benzene rings is 1. The smallest absolute Gasteiger partial charge is 0.250 e. The van der Waals surface area contributed by atoms with Gasteiger partial charge in [0.25, 0.3) is 0 Å². The van der Waals surface area contributed by atoms with Crippen molar-refractivity contribution in [2.75, 3.05) is 57.1 Å². The van der Waals surface area contributed by atoms with Gasteiger partial charge in [-0.1, -0.05) is 47.6 Å². The molecule has 4 aromatic rings. The molecule has 1 N–H and O–H groups in total. The van der Waals surface area contributed by atoms with E-state index >= 15 is 0 Å². The number of hydrogen-bond acceptors (Lipinski definition) is 8. The minimum Gasteiger partial charge on any atom is -0.491 e. The number of piperazine rings is 1. The molecule has 0 bridgehead atoms. The molecule has 5 rings (SSSR count). The minimum absolute atomic E-state index is 0.399. The van der Waals surface area contributed by atoms with Crippen molar-refractivity contribution in [3.8, 4) is 16.9 Å². The number of nitrogens with zero attached hydrogens (tertiary/aromatic N) is 5. The lowest BCUT2D eigenvalue weighted by Crippen LogP contribution is -2.51. The molecule has 0 radical (unpaired) electrons. The van der Waals surface area contributed by atoms with Crippen LogP contribution >= 0.6 is 0 Å². The number of fused-ring (bicyclic) bond motifs is 1. The second kappa shape index (κ2) is 12.8. The summed E-state index contributed by atoms with van der Waals surface area (Å²) < 4.78 is 8.16. The monoisotopic (exact) mass is 616 g/mol. The summed E-state index contributed by atoms with van der Waals surface area (Å²) in [4.78, 5) is 38.2. The zero-order valence-corrected chi connectivity index (χ0v) is 28.6. The van der Waals surface area contributed by atoms with Gasteiger partial charge < -0.3 is 19.2 Å². The van der Waals surface area contributed by atoms with Gasteiger partial charge in [-0.2, -0.15) is 0 Å². The fourth-order valence-electron chi connectivity index (χ4n) is 8.08. The lowest BCUT2D eigenvalue weighted by molar-refractivity contribution is 0.253. The van der Waals surface area contributed by atoms with E-state index in [1.54, 1.807) is 26.7 Å². The number of rotatable bonds is 12. The van der Waals surface area contributed by atoms with E-state index in [0.29, 0.717) is 33.6 Å². The van der Waals surface area contributed by atoms with Gasteiger partial charge in [-0.25, -0.2) is 9.97 Å². The fraction of sp³-hybridized carbons (Fsp3) is 0.529. The summed E-state index contributed by atoms with van der Waals surface area (Å²) in [6.45, 7) is 19.1. The number of anilines is 2. The van der Waals surface area contributed by atoms with Crippen LogP contribution in [0, 0.1) is 0 Å². The molecule has 0 saturated carbocycles. The van der Waals surface area contributed by atoms with E-state index in [0.717, 1.165) is 56.9 Å². The molecule has 0 atom stereocenters. The number of methoxy groups -OCH3 is 1. The van der Waals surface area contributed by atoms with Gasteiger partial charge in [-0.15, -0.1) is 0 Å². The van der Waals surface area contributed by atoms with Crippen molar-refractivity contribution in [3.63, 3.8) is 0 Å². The average Bonchev–Trinajstić information content (AvgIpc) is 3.36. The van der Waals surface area contributed by atoms with Crippen LogP contribution < -0.4 is 25.8 Å². The second-order valence-electron chi connectivity index (χ2n) is 13.1. The van der Waals surface area contributed by atoms with Crippen molar-refractivity contribution in [1.82, 2.24) is 19.1 Å². The molecule has 2 aromatic carbocycles. The summed E-state index contributed by atoms with van der Waals surface area (Å²) >= 11 is 0. The lowest BCUT2D eigenvalue weighted by atomic mass is 9.96. The molecular formula is C34H48N6O3Si. The molecule has 0 aliphatic carbocycles. The Morgan fingerprint density at radius 1 is 0.977 bits per heavy atom. The van der Waals surface area contributed by atoms with E-state index in [9.17, 15) is 9.59 Å². The molecule has 10 heteroatoms. The molecule has 236 valence electrons. The van der Waals surface area contributed by atoms with Gasteiger partial charge in [-0.3, -0.25) is 14.5 Å². The van der Waals surface area contributed by atoms with E-state index in [1.165, 1.54) is 16.5 Å². The number of hydrogen-bond donors (Lipinski definition) is 1. The van der Waals surface area contributed by atoms with Crippen LogP contribution in [0.4, 0.5) is 11.5 Å². The lowest BCUT2D eigenvalue weighted by Gasteiger charge is -2.44. The SMILES string of the molecule is CNc1c(-c2ccc3c(c2)c(CCCN2CCN(c4ncncc4OC)CC2)cn3[Si](C(C)C)(C(C)C)C(C)C)c(=O)c1=O. The Bertz CT molecular complexity index is 1660. The van der Waals surface area contributed by atoms with Crippen LogP contribution in [0.3, 0.4) is 0 Å². The van der Waals surface area contributed by atoms with Crippen molar-refractivity contribution in [2.45, 2.75) is 71.0 Å². The molecule has 0 amide bonds. The molecule has 1 saturated heterocycles. The van der Waals surface area contributed by atoms with Crippen LogP contribution in [0.1, 0.15) is 53.5 Å². The third kappa shape index (κ3) is 5.36. The Labute approximate surface area is 262 Å². The second-order valence-corrected chi connectivity index (χ2v) is 18.8. The molecule has 44 heavy (non-hydrogen) atoms. The Hall–Kier alpha value is -3.50. The average molecular weight is 617 g/mol. The number of aryl methyl sites for hydroxylation is 1. The highest BCUT2D eigenvalue weighted by Crippen LogP contribution is 2.45. The van der Waals surface area contributed by atoms with Crippen LogP contribution in [-0.4, -0.2) is 74.2 Å². The van der Waals surface area contributed by atoms with Crippen molar-refractivity contribution >= 4 is 30.6 Å². The molecule has 9 nitrogen and oxygen atoms in total. The zero-order chi connectivity index (χ0) is 31.8. The fourth-order valence-corrected chi connectivity index (χ4v) is 14.7. The summed E-state index contributed by atoms with van der Waals surface area (Å²) in [5.41, 5.74) is 5.18. The molecule has 1 aliphatic heterocycles. The molecule has 2 aromatic heterocycles. The van der Waals surface area contributed by atoms with Gasteiger partial charge >= 0.3 is 0 Å². The van der Waals surface area contributed by atoms with Crippen LogP contribution in [0.2, 0.25) is 16.6 Å². The van der Waals surface area contributed by atoms with Crippen LogP contribution in [-0.2, 0) is 6.42 Å². The van der Waals surface area contributed by atoms with E-state index < -0.39 is 19.1 Å². The Morgan fingerprint density at radius 3 is 2.27 bits per heavy atom. The number of ether oxygens (including phenoxy) is 1. The van der Waals surface area contributed by atoms with E-state index in [-0.39, 0.29) is 0 Å². The number of aromatic nitrogens is 3. The standard InChI is InChI=1S/C34H48N6O3Si/c1-22(2)44(23(3)4,24(5)6)40-20-26(27-18-25(11-12-28(27)40)30-31(35-7)33(42)32(30)41)10-9-13-38-14-16-39(17-15-38)34-29(43-8)19-36-21-37-34/h11-12,18-24,35H,9-10,13-17H2,1-8H3. The van der Waals surface area contributed by atoms with Gasteiger partial charge in [0, 0.05) is 44.1 Å². The van der Waals surface area contributed by atoms with Crippen molar-refractivity contribution in [2.24, 2.45) is 0 Å². The molecule has 0 unspecified atom stereocenters. The van der Waals surface area contributed by atoms with Gasteiger partial charge in [0.15, 0.2) is 19.8 Å². The maximum Gasteiger partial charge on any atom is 0.250 e. The summed E-state index contributed by atoms with van der Waals surface area (Å²) in [7, 11) is 1.35. The van der Waals surface area contributed by atoms with Gasteiger partial charge in [-0.05, 0) is 65.5 Å². The van der Waals surface area contributed by atoms with E-state index in [4.69, 9.17) is 4.74 Å². The third-order valence-corrected chi connectivity index (χ3v) is 16.8. The van der Waals surface area contributed by atoms with Crippen LogP contribution in [0.25, 0.3) is 22.0 Å². The molecular weight excluding hydrogens is 568 g/mol. The van der Waals surface area contributed by atoms with Crippen LogP contribution in [0.15, 0.2) is 46.5 Å². The topological polar surface area (TPSA) is 92.6 Å². The molecule has 3 heterocycles. The molecule has 1 fully saturated rings. The number of nitrogens with one attached hydrogen (secondary N) is 1. The third-order valence-electron chi connectivity index (χ3n) is 10.00. The Morgan fingerprint density at radius 2 is 1.66 bits per heavy atom. The first-order chi connectivity index (χ1) is 21.1. The zero-order valence-electron chi connectivity index (χ0n) is 27.6. The Kier molecular flexibility index (Phi) is 9.32. The highest BCUT2D eigenvalue weighted by atomic mass is 28.3. The van der Waals surface area contributed by atoms with E-state index in [1.807, 2.05) is 6.07 Å². The van der Waals surface area contributed by atoms with Crippen LogP contribution in [0.5, 0.6) is 5.75 Å². The maximum atomic E-state index is 12.6.